The van der Waals surface area contributed by atoms with Crippen molar-refractivity contribution in [3.05, 3.63) is 53.3 Å². The number of aliphatic hydroxyl groups is 1. The van der Waals surface area contributed by atoms with Gasteiger partial charge in [0.1, 0.15) is 17.0 Å². The zero-order chi connectivity index (χ0) is 28.4. The molecule has 0 radical (unpaired) electrons. The van der Waals surface area contributed by atoms with Crippen LogP contribution in [0.15, 0.2) is 42.9 Å². The number of methoxy groups -OCH3 is 2. The van der Waals surface area contributed by atoms with Gasteiger partial charge in [-0.2, -0.15) is 18.2 Å². The first-order valence-electron chi connectivity index (χ1n) is 12.6. The van der Waals surface area contributed by atoms with Gasteiger partial charge in [0.25, 0.3) is 5.88 Å². The van der Waals surface area contributed by atoms with E-state index in [2.05, 4.69) is 25.3 Å². The van der Waals surface area contributed by atoms with Crippen molar-refractivity contribution in [2.75, 3.05) is 26.2 Å². The number of anilines is 1. The van der Waals surface area contributed by atoms with Crippen LogP contribution in [0, 0.1) is 0 Å². The molecule has 41 heavy (non-hydrogen) atoms. The number of likely N-dealkylation sites (N-methyl/N-ethyl adjacent to an activating group) is 1. The number of nitrogens with one attached hydrogen (secondary N) is 1. The van der Waals surface area contributed by atoms with Gasteiger partial charge in [-0.1, -0.05) is 24.3 Å². The predicted octanol–water partition coefficient (Wildman–Crippen LogP) is 4.81. The summed E-state index contributed by atoms with van der Waals surface area (Å²) >= 11 is 1.02. The summed E-state index contributed by atoms with van der Waals surface area (Å²) in [6.45, 7) is 0.601. The molecular formula is C27H30ClF3N6O3S. The van der Waals surface area contributed by atoms with Crippen LogP contribution in [0.4, 0.5) is 19.0 Å². The van der Waals surface area contributed by atoms with Gasteiger partial charge >= 0.3 is 6.18 Å². The Morgan fingerprint density at radius 2 is 1.85 bits per heavy atom. The van der Waals surface area contributed by atoms with Crippen LogP contribution in [-0.2, 0) is 13.0 Å². The maximum atomic E-state index is 12.9. The van der Waals surface area contributed by atoms with Crippen LogP contribution < -0.4 is 19.7 Å². The molecule has 3 aromatic heterocycles. The fourth-order valence-corrected chi connectivity index (χ4v) is 6.03. The molecule has 0 bridgehead atoms. The Balaban J connectivity index is 0.00000387. The Morgan fingerprint density at radius 3 is 2.54 bits per heavy atom. The topological polar surface area (TPSA) is 106 Å². The van der Waals surface area contributed by atoms with Crippen molar-refractivity contribution in [3.63, 3.8) is 0 Å². The summed E-state index contributed by atoms with van der Waals surface area (Å²) in [4.78, 5) is 19.8. The van der Waals surface area contributed by atoms with Gasteiger partial charge < -0.3 is 24.8 Å². The smallest absolute Gasteiger partial charge is 0.393 e. The second-order valence-corrected chi connectivity index (χ2v) is 10.8. The molecule has 1 saturated carbocycles. The summed E-state index contributed by atoms with van der Waals surface area (Å²) in [5.41, 5.74) is 1.90. The zero-order valence-electron chi connectivity index (χ0n) is 22.6. The third-order valence-corrected chi connectivity index (χ3v) is 8.05. The minimum absolute atomic E-state index is 0. The molecule has 1 aliphatic carbocycles. The zero-order valence-corrected chi connectivity index (χ0v) is 24.2. The lowest BCUT2D eigenvalue weighted by atomic mass is 10.1. The quantitative estimate of drug-likeness (QED) is 0.276. The van der Waals surface area contributed by atoms with E-state index < -0.39 is 18.7 Å². The highest BCUT2D eigenvalue weighted by Gasteiger charge is 2.37. The highest BCUT2D eigenvalue weighted by Crippen LogP contribution is 2.36. The van der Waals surface area contributed by atoms with Crippen molar-refractivity contribution < 1.29 is 27.8 Å². The largest absolute Gasteiger partial charge is 0.490 e. The molecule has 1 aliphatic rings. The molecule has 0 unspecified atom stereocenters. The molecule has 3 heterocycles. The summed E-state index contributed by atoms with van der Waals surface area (Å²) in [6.07, 6.45) is -1.79. The van der Waals surface area contributed by atoms with Crippen LogP contribution in [0.1, 0.15) is 23.3 Å². The minimum Gasteiger partial charge on any atom is -0.490 e. The number of benzene rings is 1. The molecule has 9 nitrogen and oxygen atoms in total. The molecule has 1 fully saturated rings. The van der Waals surface area contributed by atoms with Gasteiger partial charge in [0, 0.05) is 30.1 Å². The van der Waals surface area contributed by atoms with Gasteiger partial charge in [-0.05, 0) is 24.5 Å². The first kappa shape index (κ1) is 30.7. The molecule has 3 atom stereocenters. The lowest BCUT2D eigenvalue weighted by molar-refractivity contribution is -0.126. The number of halogens is 4. The average Bonchev–Trinajstić information content (AvgIpc) is 3.52. The minimum atomic E-state index is -4.29. The van der Waals surface area contributed by atoms with Gasteiger partial charge in [-0.15, -0.1) is 23.7 Å². The molecule has 4 aromatic rings. The average molecular weight is 611 g/mol. The summed E-state index contributed by atoms with van der Waals surface area (Å²) in [7, 11) is 4.87. The number of aliphatic hydroxyl groups excluding tert-OH is 1. The van der Waals surface area contributed by atoms with E-state index in [-0.39, 0.29) is 29.4 Å². The van der Waals surface area contributed by atoms with E-state index in [9.17, 15) is 18.3 Å². The SMILES string of the molecule is COc1cnc(-c2ccc(CN[C@H]3C[C@@H](O)[C@@H](N(C)c4ncnc5sc(CC(F)(F)F)cc45)C3)cc2)nc1OC.Cl. The molecule has 1 aromatic carbocycles. The van der Waals surface area contributed by atoms with E-state index >= 15 is 0 Å². The third-order valence-electron chi connectivity index (χ3n) is 7.00. The lowest BCUT2D eigenvalue weighted by Gasteiger charge is -2.28. The number of hydrogen-bond acceptors (Lipinski definition) is 10. The first-order chi connectivity index (χ1) is 19.1. The highest BCUT2D eigenvalue weighted by atomic mass is 35.5. The molecule has 14 heteroatoms. The summed E-state index contributed by atoms with van der Waals surface area (Å²) in [5.74, 6) is 1.87. The molecule has 2 N–H and O–H groups in total. The fraction of sp³-hybridized carbons (Fsp3) is 0.407. The molecule has 5 rings (SSSR count). The number of rotatable bonds is 9. The molecular weight excluding hydrogens is 581 g/mol. The molecule has 0 aliphatic heterocycles. The van der Waals surface area contributed by atoms with Crippen LogP contribution in [0.2, 0.25) is 0 Å². The number of alkyl halides is 3. The highest BCUT2D eigenvalue weighted by molar-refractivity contribution is 7.18. The second kappa shape index (κ2) is 12.7. The molecule has 0 spiro atoms. The van der Waals surface area contributed by atoms with Crippen molar-refractivity contribution in [2.24, 2.45) is 0 Å². The van der Waals surface area contributed by atoms with Gasteiger partial charge in [-0.25, -0.2) is 15.0 Å². The van der Waals surface area contributed by atoms with Crippen molar-refractivity contribution in [1.29, 1.82) is 0 Å². The number of nitrogens with zero attached hydrogens (tertiary/aromatic N) is 5. The number of aromatic nitrogens is 4. The van der Waals surface area contributed by atoms with E-state index in [4.69, 9.17) is 9.47 Å². The van der Waals surface area contributed by atoms with E-state index in [1.54, 1.807) is 6.20 Å². The van der Waals surface area contributed by atoms with Crippen molar-refractivity contribution in [3.8, 4) is 23.0 Å². The monoisotopic (exact) mass is 610 g/mol. The Kier molecular flexibility index (Phi) is 9.52. The molecule has 220 valence electrons. The Labute approximate surface area is 245 Å². The lowest BCUT2D eigenvalue weighted by Crippen LogP contribution is -2.38. The fourth-order valence-electron chi connectivity index (χ4n) is 5.01. The number of thiophene rings is 1. The van der Waals surface area contributed by atoms with Crippen LogP contribution >= 0.6 is 23.7 Å². The number of ether oxygens (including phenoxy) is 2. The van der Waals surface area contributed by atoms with Gasteiger partial charge in [0.15, 0.2) is 11.6 Å². The van der Waals surface area contributed by atoms with Crippen LogP contribution in [0.25, 0.3) is 21.6 Å². The van der Waals surface area contributed by atoms with Crippen molar-refractivity contribution >= 4 is 39.8 Å². The van der Waals surface area contributed by atoms with Crippen molar-refractivity contribution in [2.45, 2.75) is 50.2 Å². The molecule has 0 saturated heterocycles. The van der Waals surface area contributed by atoms with Crippen LogP contribution in [-0.4, -0.2) is 70.7 Å². The first-order valence-corrected chi connectivity index (χ1v) is 13.5. The standard InChI is InChI=1S/C27H29F3N6O3S.ClH/c1-36(24-19-10-18(11-27(28,29)30)40-26(19)34-14-33-24)20-8-17(9-21(20)37)31-12-15-4-6-16(7-5-15)23-32-13-22(38-2)25(35-23)39-3;/h4-7,10,13-14,17,20-21,31,37H,8-9,11-12H2,1-3H3;1H/t17-,20+,21-;/m1./s1. The maximum Gasteiger partial charge on any atom is 0.393 e. The van der Waals surface area contributed by atoms with Crippen LogP contribution in [0.5, 0.6) is 11.6 Å². The maximum absolute atomic E-state index is 12.9. The Bertz CT molecular complexity index is 1470. The van der Waals surface area contributed by atoms with Crippen LogP contribution in [0.3, 0.4) is 0 Å². The van der Waals surface area contributed by atoms with E-state index in [1.165, 1.54) is 26.6 Å². The molecule has 0 amide bonds. The van der Waals surface area contributed by atoms with Gasteiger partial charge in [0.2, 0.25) is 0 Å². The number of fused-ring (bicyclic) bond motifs is 1. The second-order valence-electron chi connectivity index (χ2n) is 9.68. The Morgan fingerprint density at radius 1 is 1.10 bits per heavy atom. The van der Waals surface area contributed by atoms with E-state index in [0.29, 0.717) is 52.9 Å². The summed E-state index contributed by atoms with van der Waals surface area (Å²) in [5, 5.41) is 14.9. The van der Waals surface area contributed by atoms with Gasteiger partial charge in [0.05, 0.1) is 44.4 Å². The predicted molar refractivity (Wildman–Crippen MR) is 153 cm³/mol. The Hall–Kier alpha value is -3.26. The summed E-state index contributed by atoms with van der Waals surface area (Å²) < 4.78 is 49.2. The van der Waals surface area contributed by atoms with Crippen molar-refractivity contribution in [1.82, 2.24) is 25.3 Å². The van der Waals surface area contributed by atoms with E-state index in [0.717, 1.165) is 22.5 Å². The third kappa shape index (κ3) is 6.97. The summed E-state index contributed by atoms with van der Waals surface area (Å²) in [6, 6.07) is 9.17. The van der Waals surface area contributed by atoms with E-state index in [1.807, 2.05) is 36.2 Å². The normalized spacial score (nSPS) is 18.8. The number of hydrogen-bond donors (Lipinski definition) is 2. The van der Waals surface area contributed by atoms with Gasteiger partial charge in [-0.3, -0.25) is 0 Å².